The molecule has 1 unspecified atom stereocenters. The molecular formula is C8H14NWY-. The summed E-state index contributed by atoms with van der Waals surface area (Å²) >= 11 is 1.46. The van der Waals surface area contributed by atoms with E-state index >= 15 is 0 Å². The fourth-order valence-corrected chi connectivity index (χ4v) is 2.16. The molecule has 1 saturated heterocycles. The topological polar surface area (TPSA) is 3.24 Å². The molecule has 0 aromatic heterocycles. The van der Waals surface area contributed by atoms with Crippen molar-refractivity contribution in [2.75, 3.05) is 13.1 Å². The van der Waals surface area contributed by atoms with Crippen molar-refractivity contribution in [1.29, 1.82) is 0 Å². The minimum Gasteiger partial charge on any atom is 0 e. The van der Waals surface area contributed by atoms with Gasteiger partial charge in [-0.25, -0.2) is 0 Å². The van der Waals surface area contributed by atoms with E-state index in [1.54, 1.807) is 0 Å². The SMILES string of the molecule is CCCC1CCN([C-]=[W])C1.[Y]. The van der Waals surface area contributed by atoms with Gasteiger partial charge in [-0.05, 0) is 0 Å². The third kappa shape index (κ3) is 4.41. The molecule has 1 atom stereocenters. The van der Waals surface area contributed by atoms with Gasteiger partial charge < -0.3 is 0 Å². The van der Waals surface area contributed by atoms with Gasteiger partial charge in [-0.3, -0.25) is 0 Å². The van der Waals surface area contributed by atoms with Gasteiger partial charge >= 0.3 is 74.0 Å². The first kappa shape index (κ1) is 12.6. The van der Waals surface area contributed by atoms with Crippen molar-refractivity contribution in [3.05, 3.63) is 0 Å². The second-order valence-electron chi connectivity index (χ2n) is 2.98. The summed E-state index contributed by atoms with van der Waals surface area (Å²) < 4.78 is 3.27. The van der Waals surface area contributed by atoms with Crippen LogP contribution in [-0.2, 0) is 52.1 Å². The van der Waals surface area contributed by atoms with Crippen molar-refractivity contribution in [2.45, 2.75) is 26.2 Å². The average molecular weight is 397 g/mol. The summed E-state index contributed by atoms with van der Waals surface area (Å²) in [6.07, 6.45) is 4.15. The van der Waals surface area contributed by atoms with Crippen LogP contribution < -0.4 is 0 Å². The average Bonchev–Trinajstić information content (AvgIpc) is 2.37. The summed E-state index contributed by atoms with van der Waals surface area (Å²) in [6, 6.07) is 0. The zero-order chi connectivity index (χ0) is 7.40. The smallest absolute Gasteiger partial charge is 0 e. The Bertz CT molecular complexity index is 119. The van der Waals surface area contributed by atoms with E-state index in [0.717, 1.165) is 5.92 Å². The molecule has 11 heavy (non-hydrogen) atoms. The Morgan fingerprint density at radius 2 is 2.36 bits per heavy atom. The molecule has 0 saturated carbocycles. The predicted octanol–water partition coefficient (Wildman–Crippen LogP) is 1.29. The van der Waals surface area contributed by atoms with Gasteiger partial charge in [0.25, 0.3) is 0 Å². The van der Waals surface area contributed by atoms with Gasteiger partial charge in [0.15, 0.2) is 0 Å². The van der Waals surface area contributed by atoms with Crippen LogP contribution >= 0.6 is 0 Å². The maximum absolute atomic E-state index is 3.27. The van der Waals surface area contributed by atoms with Gasteiger partial charge in [-0.1, -0.05) is 0 Å². The van der Waals surface area contributed by atoms with Crippen LogP contribution in [0, 0.1) is 5.92 Å². The summed E-state index contributed by atoms with van der Waals surface area (Å²) in [7, 11) is 0. The molecule has 1 heterocycles. The Morgan fingerprint density at radius 3 is 2.82 bits per heavy atom. The van der Waals surface area contributed by atoms with E-state index in [0.29, 0.717) is 0 Å². The van der Waals surface area contributed by atoms with E-state index in [4.69, 9.17) is 0 Å². The largest absolute Gasteiger partial charge is 0 e. The van der Waals surface area contributed by atoms with E-state index in [-0.39, 0.29) is 32.7 Å². The normalized spacial score (nSPS) is 24.6. The molecule has 3 heteroatoms. The molecule has 1 nitrogen and oxygen atoms in total. The molecule has 0 aromatic carbocycles. The maximum Gasteiger partial charge on any atom is 0 e. The zero-order valence-electron chi connectivity index (χ0n) is 7.05. The van der Waals surface area contributed by atoms with Crippen molar-refractivity contribution >= 4 is 4.52 Å². The quantitative estimate of drug-likeness (QED) is 0.650. The third-order valence-corrected chi connectivity index (χ3v) is 3.04. The fourth-order valence-electron chi connectivity index (χ4n) is 1.56. The molecule has 1 rings (SSSR count). The molecule has 0 amide bonds. The molecule has 61 valence electrons. The first-order valence-electron chi connectivity index (χ1n) is 3.99. The Balaban J connectivity index is 0.000001000. The van der Waals surface area contributed by atoms with Crippen LogP contribution in [0.15, 0.2) is 0 Å². The molecule has 1 radical (unpaired) electrons. The number of hydrogen-bond acceptors (Lipinski definition) is 1. The van der Waals surface area contributed by atoms with Gasteiger partial charge in [-0.2, -0.15) is 0 Å². The van der Waals surface area contributed by atoms with Crippen LogP contribution in [0.4, 0.5) is 0 Å². The van der Waals surface area contributed by atoms with Crippen LogP contribution in [0.5, 0.6) is 0 Å². The van der Waals surface area contributed by atoms with E-state index in [1.165, 1.54) is 51.7 Å². The van der Waals surface area contributed by atoms with Crippen LogP contribution in [0.1, 0.15) is 26.2 Å². The molecule has 1 fully saturated rings. The second kappa shape index (κ2) is 7.07. The van der Waals surface area contributed by atoms with Crippen LogP contribution in [-0.4, -0.2) is 22.5 Å². The molecule has 0 bridgehead atoms. The van der Waals surface area contributed by atoms with Gasteiger partial charge in [0.2, 0.25) is 0 Å². The molecule has 1 aliphatic heterocycles. The van der Waals surface area contributed by atoms with Gasteiger partial charge in [0.1, 0.15) is 0 Å². The van der Waals surface area contributed by atoms with Crippen LogP contribution in [0.3, 0.4) is 0 Å². The standard InChI is InChI=1S/C8H14N.W.Y/c1-3-4-8-5-6-9(2)7-8;;/h8H,3-7H2,1H3;;/q-1;;. The molecule has 0 N–H and O–H groups in total. The summed E-state index contributed by atoms with van der Waals surface area (Å²) in [5.74, 6) is 0.969. The minimum absolute atomic E-state index is 0. The predicted molar refractivity (Wildman–Crippen MR) is 39.6 cm³/mol. The van der Waals surface area contributed by atoms with Crippen LogP contribution in [0.25, 0.3) is 0 Å². The molecule has 0 spiro atoms. The fraction of sp³-hybridized carbons (Fsp3) is 0.875. The minimum atomic E-state index is 0. The maximum atomic E-state index is 3.27. The van der Waals surface area contributed by atoms with Crippen LogP contribution in [0.2, 0.25) is 0 Å². The number of nitrogens with zero attached hydrogens (tertiary/aromatic N) is 1. The van der Waals surface area contributed by atoms with Gasteiger partial charge in [0.05, 0.1) is 0 Å². The number of likely N-dealkylation sites (tertiary alicyclic amines) is 1. The van der Waals surface area contributed by atoms with E-state index < -0.39 is 0 Å². The Labute approximate surface area is 106 Å². The van der Waals surface area contributed by atoms with Crippen molar-refractivity contribution in [1.82, 2.24) is 4.90 Å². The Hall–Kier alpha value is 1.62. The monoisotopic (exact) mass is 397 g/mol. The first-order chi connectivity index (χ1) is 4.86. The number of rotatable bonds is 3. The molecule has 0 aliphatic carbocycles. The van der Waals surface area contributed by atoms with Crippen molar-refractivity contribution in [3.8, 4) is 0 Å². The van der Waals surface area contributed by atoms with Gasteiger partial charge in [-0.15, -0.1) is 0 Å². The van der Waals surface area contributed by atoms with Gasteiger partial charge in [0, 0.05) is 32.7 Å². The number of hydrogen-bond donors (Lipinski definition) is 0. The van der Waals surface area contributed by atoms with E-state index in [9.17, 15) is 0 Å². The van der Waals surface area contributed by atoms with E-state index in [1.807, 2.05) is 0 Å². The van der Waals surface area contributed by atoms with E-state index in [2.05, 4.69) is 16.3 Å². The van der Waals surface area contributed by atoms with Crippen molar-refractivity contribution < 1.29 is 52.1 Å². The Morgan fingerprint density at radius 1 is 1.64 bits per heavy atom. The third-order valence-electron chi connectivity index (χ3n) is 2.11. The zero-order valence-corrected chi connectivity index (χ0v) is 12.8. The first-order valence-corrected chi connectivity index (χ1v) is 5.46. The second-order valence-corrected chi connectivity index (χ2v) is 3.64. The summed E-state index contributed by atoms with van der Waals surface area (Å²) in [4.78, 5) is 2.34. The summed E-state index contributed by atoms with van der Waals surface area (Å²) in [5.41, 5.74) is 0. The van der Waals surface area contributed by atoms with Crippen molar-refractivity contribution in [3.63, 3.8) is 0 Å². The summed E-state index contributed by atoms with van der Waals surface area (Å²) in [5, 5.41) is 0. The molecule has 1 aliphatic rings. The van der Waals surface area contributed by atoms with Crippen molar-refractivity contribution in [2.24, 2.45) is 5.92 Å². The molecule has 0 aromatic rings. The Kier molecular flexibility index (Phi) is 8.11. The summed E-state index contributed by atoms with van der Waals surface area (Å²) in [6.45, 7) is 4.80. The molecular weight excluding hydrogens is 383 g/mol.